The molecule has 104 valence electrons. The van der Waals surface area contributed by atoms with E-state index in [4.69, 9.17) is 4.74 Å². The van der Waals surface area contributed by atoms with Crippen LogP contribution in [0.3, 0.4) is 0 Å². The second-order valence-electron chi connectivity index (χ2n) is 6.24. The first-order valence-electron chi connectivity index (χ1n) is 7.20. The minimum Gasteiger partial charge on any atom is -0.377 e. The molecule has 1 aromatic carbocycles. The first-order valence-corrected chi connectivity index (χ1v) is 7.20. The van der Waals surface area contributed by atoms with Crippen LogP contribution in [0, 0.1) is 11.2 Å². The second kappa shape index (κ2) is 5.22. The van der Waals surface area contributed by atoms with Gasteiger partial charge in [0.25, 0.3) is 0 Å². The summed E-state index contributed by atoms with van der Waals surface area (Å²) >= 11 is 0. The highest BCUT2D eigenvalue weighted by atomic mass is 19.1. The molecule has 0 aromatic heterocycles. The van der Waals surface area contributed by atoms with E-state index in [1.165, 1.54) is 18.9 Å². The van der Waals surface area contributed by atoms with Gasteiger partial charge >= 0.3 is 0 Å². The summed E-state index contributed by atoms with van der Waals surface area (Å²) in [6.45, 7) is 3.19. The fourth-order valence-electron chi connectivity index (χ4n) is 3.38. The highest BCUT2D eigenvalue weighted by Crippen LogP contribution is 2.42. The van der Waals surface area contributed by atoms with E-state index < -0.39 is 0 Å². The van der Waals surface area contributed by atoms with Gasteiger partial charge in [-0.25, -0.2) is 4.39 Å². The van der Waals surface area contributed by atoms with Crippen LogP contribution in [-0.4, -0.2) is 37.7 Å². The Morgan fingerprint density at radius 3 is 2.79 bits per heavy atom. The number of benzene rings is 1. The van der Waals surface area contributed by atoms with Crippen molar-refractivity contribution in [3.63, 3.8) is 0 Å². The summed E-state index contributed by atoms with van der Waals surface area (Å²) in [7, 11) is 2.18. The molecule has 2 saturated heterocycles. The van der Waals surface area contributed by atoms with Gasteiger partial charge in [0, 0.05) is 6.42 Å². The lowest BCUT2D eigenvalue weighted by Crippen LogP contribution is -2.38. The molecule has 0 amide bonds. The molecule has 3 heteroatoms. The summed E-state index contributed by atoms with van der Waals surface area (Å²) in [5.74, 6) is -0.101. The molecule has 1 aromatic rings. The van der Waals surface area contributed by atoms with Crippen molar-refractivity contribution in [1.82, 2.24) is 4.90 Å². The van der Waals surface area contributed by atoms with Gasteiger partial charge in [-0.15, -0.1) is 0 Å². The van der Waals surface area contributed by atoms with Gasteiger partial charge in [-0.3, -0.25) is 0 Å². The molecule has 2 aliphatic heterocycles. The van der Waals surface area contributed by atoms with Gasteiger partial charge in [-0.05, 0) is 56.4 Å². The van der Waals surface area contributed by atoms with E-state index in [2.05, 4.69) is 11.9 Å². The van der Waals surface area contributed by atoms with Crippen molar-refractivity contribution >= 4 is 0 Å². The van der Waals surface area contributed by atoms with Crippen LogP contribution >= 0.6 is 0 Å². The van der Waals surface area contributed by atoms with Crippen molar-refractivity contribution < 1.29 is 9.13 Å². The van der Waals surface area contributed by atoms with E-state index in [1.807, 2.05) is 12.1 Å². The molecule has 2 nitrogen and oxygen atoms in total. The molecule has 3 rings (SSSR count). The maximum atomic E-state index is 13.7. The third-order valence-corrected chi connectivity index (χ3v) is 4.74. The van der Waals surface area contributed by atoms with Crippen LogP contribution in [0.4, 0.5) is 4.39 Å². The predicted molar refractivity (Wildman–Crippen MR) is 73.6 cm³/mol. The molecule has 0 radical (unpaired) electrons. The molecule has 0 saturated carbocycles. The van der Waals surface area contributed by atoms with Crippen molar-refractivity contribution in [1.29, 1.82) is 0 Å². The topological polar surface area (TPSA) is 12.5 Å². The van der Waals surface area contributed by atoms with Gasteiger partial charge in [-0.1, -0.05) is 18.2 Å². The van der Waals surface area contributed by atoms with Gasteiger partial charge in [-0.2, -0.15) is 0 Å². The highest BCUT2D eigenvalue weighted by Gasteiger charge is 2.41. The zero-order chi connectivity index (χ0) is 13.3. The Morgan fingerprint density at radius 2 is 2.05 bits per heavy atom. The van der Waals surface area contributed by atoms with Crippen molar-refractivity contribution in [3.05, 3.63) is 35.6 Å². The minimum atomic E-state index is -0.101. The number of ether oxygens (including phenoxy) is 1. The summed E-state index contributed by atoms with van der Waals surface area (Å²) in [5.41, 5.74) is 1.15. The molecule has 19 heavy (non-hydrogen) atoms. The number of rotatable bonds is 2. The largest absolute Gasteiger partial charge is 0.377 e. The Hall–Kier alpha value is -0.930. The maximum Gasteiger partial charge on any atom is 0.126 e. The third-order valence-electron chi connectivity index (χ3n) is 4.74. The van der Waals surface area contributed by atoms with Crippen molar-refractivity contribution in [2.45, 2.75) is 31.8 Å². The fraction of sp³-hybridized carbons (Fsp3) is 0.625. The molecule has 1 unspecified atom stereocenters. The molecule has 2 fully saturated rings. The highest BCUT2D eigenvalue weighted by molar-refractivity contribution is 5.18. The van der Waals surface area contributed by atoms with Gasteiger partial charge in [0.05, 0.1) is 12.7 Å². The van der Waals surface area contributed by atoms with E-state index in [-0.39, 0.29) is 11.9 Å². The standard InChI is InChI=1S/C16H22FNO/c1-18-8-6-16(7-9-18)11-14(19-12-16)10-13-4-2-3-5-15(13)17/h2-5,14H,6-12H2,1H3. The molecule has 0 bridgehead atoms. The summed E-state index contributed by atoms with van der Waals surface area (Å²) in [6.07, 6.45) is 4.44. The van der Waals surface area contributed by atoms with Crippen LogP contribution in [0.25, 0.3) is 0 Å². The number of halogens is 1. The third kappa shape index (κ3) is 2.82. The lowest BCUT2D eigenvalue weighted by Gasteiger charge is -2.36. The summed E-state index contributed by atoms with van der Waals surface area (Å²) in [4.78, 5) is 2.38. The van der Waals surface area contributed by atoms with E-state index in [9.17, 15) is 4.39 Å². The first kappa shape index (κ1) is 13.1. The first-order chi connectivity index (χ1) is 9.17. The lowest BCUT2D eigenvalue weighted by atomic mass is 9.76. The monoisotopic (exact) mass is 263 g/mol. The van der Waals surface area contributed by atoms with Crippen LogP contribution in [-0.2, 0) is 11.2 Å². The van der Waals surface area contributed by atoms with Gasteiger partial charge in [0.15, 0.2) is 0 Å². The van der Waals surface area contributed by atoms with Crippen molar-refractivity contribution in [3.8, 4) is 0 Å². The Kier molecular flexibility index (Phi) is 3.59. The molecule has 2 aliphatic rings. The van der Waals surface area contributed by atoms with Crippen LogP contribution in [0.5, 0.6) is 0 Å². The maximum absolute atomic E-state index is 13.7. The zero-order valence-electron chi connectivity index (χ0n) is 11.6. The minimum absolute atomic E-state index is 0.101. The van der Waals surface area contributed by atoms with E-state index >= 15 is 0 Å². The normalized spacial score (nSPS) is 26.9. The zero-order valence-corrected chi connectivity index (χ0v) is 11.6. The number of hydrogen-bond acceptors (Lipinski definition) is 2. The average molecular weight is 263 g/mol. The lowest BCUT2D eigenvalue weighted by molar-refractivity contribution is 0.0712. The number of hydrogen-bond donors (Lipinski definition) is 0. The Balaban J connectivity index is 1.62. The SMILES string of the molecule is CN1CCC2(CC1)COC(Cc1ccccc1F)C2. The average Bonchev–Trinajstić information content (AvgIpc) is 2.80. The van der Waals surface area contributed by atoms with Crippen LogP contribution in [0.1, 0.15) is 24.8 Å². The molecule has 0 aliphatic carbocycles. The fourth-order valence-corrected chi connectivity index (χ4v) is 3.38. The quantitative estimate of drug-likeness (QED) is 0.813. The van der Waals surface area contributed by atoms with Crippen LogP contribution < -0.4 is 0 Å². The molecule has 2 heterocycles. The summed E-state index contributed by atoms with van der Waals surface area (Å²) in [6, 6.07) is 7.06. The predicted octanol–water partition coefficient (Wildman–Crippen LogP) is 2.87. The number of nitrogens with zero attached hydrogens (tertiary/aromatic N) is 1. The molecular weight excluding hydrogens is 241 g/mol. The second-order valence-corrected chi connectivity index (χ2v) is 6.24. The van der Waals surface area contributed by atoms with Crippen molar-refractivity contribution in [2.75, 3.05) is 26.7 Å². The number of piperidine rings is 1. The Bertz CT molecular complexity index is 440. The summed E-state index contributed by atoms with van der Waals surface area (Å²) < 4.78 is 19.6. The van der Waals surface area contributed by atoms with Gasteiger partial charge in [0.2, 0.25) is 0 Å². The van der Waals surface area contributed by atoms with E-state index in [0.717, 1.165) is 31.7 Å². The van der Waals surface area contributed by atoms with Crippen molar-refractivity contribution in [2.24, 2.45) is 5.41 Å². The molecule has 1 atom stereocenters. The van der Waals surface area contributed by atoms with Crippen LogP contribution in [0.2, 0.25) is 0 Å². The van der Waals surface area contributed by atoms with Gasteiger partial charge < -0.3 is 9.64 Å². The molecular formula is C16H22FNO. The number of likely N-dealkylation sites (tertiary alicyclic amines) is 1. The molecule has 1 spiro atoms. The smallest absolute Gasteiger partial charge is 0.126 e. The molecule has 0 N–H and O–H groups in total. The van der Waals surface area contributed by atoms with Gasteiger partial charge in [0.1, 0.15) is 5.82 Å². The summed E-state index contributed by atoms with van der Waals surface area (Å²) in [5, 5.41) is 0. The Labute approximate surface area is 114 Å². The Morgan fingerprint density at radius 1 is 1.32 bits per heavy atom. The van der Waals surface area contributed by atoms with E-state index in [1.54, 1.807) is 6.07 Å². The van der Waals surface area contributed by atoms with E-state index in [0.29, 0.717) is 11.8 Å². The van der Waals surface area contributed by atoms with Crippen LogP contribution in [0.15, 0.2) is 24.3 Å².